The Bertz CT molecular complexity index is 1360. The largest absolute Gasteiger partial charge is 0.457 e. The quantitative estimate of drug-likeness (QED) is 0.0889. The van der Waals surface area contributed by atoms with Crippen LogP contribution >= 0.6 is 11.3 Å². The minimum Gasteiger partial charge on any atom is -0.457 e. The smallest absolute Gasteiger partial charge is 0.413 e. The van der Waals surface area contributed by atoms with Crippen molar-refractivity contribution >= 4 is 56.4 Å². The number of hydrogen-bond donors (Lipinski definition) is 4. The molecular weight excluding hydrogens is 608 g/mol. The molecule has 43 heavy (non-hydrogen) atoms. The van der Waals surface area contributed by atoms with Gasteiger partial charge in [-0.2, -0.15) is 8.42 Å². The molecule has 242 valence electrons. The zero-order valence-corrected chi connectivity index (χ0v) is 27.4. The zero-order valence-electron chi connectivity index (χ0n) is 25.8. The van der Waals surface area contributed by atoms with Gasteiger partial charge in [0.1, 0.15) is 22.9 Å². The van der Waals surface area contributed by atoms with Gasteiger partial charge in [-0.25, -0.2) is 18.9 Å². The minimum absolute atomic E-state index is 0.0347. The zero-order chi connectivity index (χ0) is 33.1. The third kappa shape index (κ3) is 10.4. The van der Waals surface area contributed by atoms with E-state index in [1.807, 2.05) is 0 Å². The highest BCUT2D eigenvalue weighted by Crippen LogP contribution is 2.25. The monoisotopic (exact) mass is 648 g/mol. The van der Waals surface area contributed by atoms with Gasteiger partial charge in [-0.15, -0.1) is 11.3 Å². The fourth-order valence-corrected chi connectivity index (χ4v) is 4.92. The van der Waals surface area contributed by atoms with Gasteiger partial charge < -0.3 is 24.9 Å². The second-order valence-corrected chi connectivity index (χ2v) is 14.5. The van der Waals surface area contributed by atoms with Crippen LogP contribution < -0.4 is 16.0 Å². The van der Waals surface area contributed by atoms with E-state index in [0.29, 0.717) is 0 Å². The molecule has 1 saturated heterocycles. The van der Waals surface area contributed by atoms with E-state index in [1.165, 1.54) is 19.2 Å². The van der Waals surface area contributed by atoms with Crippen molar-refractivity contribution < 1.29 is 46.5 Å². The van der Waals surface area contributed by atoms with E-state index in [1.54, 1.807) is 55.4 Å². The molecule has 0 spiro atoms. The fraction of sp³-hybridized carbons (Fsp3) is 0.680. The van der Waals surface area contributed by atoms with Gasteiger partial charge in [0.2, 0.25) is 5.60 Å². The van der Waals surface area contributed by atoms with Gasteiger partial charge >= 0.3 is 22.4 Å². The molecule has 1 aromatic heterocycles. The van der Waals surface area contributed by atoms with E-state index in [2.05, 4.69) is 26.1 Å². The molecule has 1 aromatic rings. The number of hydrogen-bond acceptors (Lipinski definition) is 13. The molecule has 0 aliphatic carbocycles. The number of thiazole rings is 1. The van der Waals surface area contributed by atoms with Crippen LogP contribution in [0.2, 0.25) is 0 Å². The van der Waals surface area contributed by atoms with E-state index in [4.69, 9.17) is 14.3 Å². The first-order chi connectivity index (χ1) is 19.4. The van der Waals surface area contributed by atoms with Crippen molar-refractivity contribution in [2.75, 3.05) is 11.9 Å². The van der Waals surface area contributed by atoms with E-state index < -0.39 is 68.8 Å². The Morgan fingerprint density at radius 1 is 1.09 bits per heavy atom. The van der Waals surface area contributed by atoms with Crippen LogP contribution in [0.5, 0.6) is 0 Å². The molecule has 0 bridgehead atoms. The SMILES string of the molecule is CC(C)NC[C@@H]1[C@H](NC(=O)/C(=N\OC(C)(C)C(=O)OC(C)(C)C)c2csc(NC(=O)OC(C)(C)C)n2)C(=O)N1S(=O)(=O)O. The van der Waals surface area contributed by atoms with Gasteiger partial charge in [-0.1, -0.05) is 19.0 Å². The Kier molecular flexibility index (Phi) is 10.9. The first kappa shape index (κ1) is 35.8. The van der Waals surface area contributed by atoms with Crippen molar-refractivity contribution in [1.29, 1.82) is 0 Å². The number of aromatic nitrogens is 1. The van der Waals surface area contributed by atoms with Crippen LogP contribution in [0, 0.1) is 0 Å². The molecule has 1 aliphatic heterocycles. The highest BCUT2D eigenvalue weighted by Gasteiger charge is 2.54. The summed E-state index contributed by atoms with van der Waals surface area (Å²) in [5.74, 6) is -2.88. The molecule has 1 fully saturated rings. The molecule has 0 unspecified atom stereocenters. The maximum absolute atomic E-state index is 13.5. The molecule has 4 N–H and O–H groups in total. The molecule has 1 aliphatic rings. The lowest BCUT2D eigenvalue weighted by Crippen LogP contribution is -2.74. The predicted molar refractivity (Wildman–Crippen MR) is 157 cm³/mol. The van der Waals surface area contributed by atoms with E-state index in [0.717, 1.165) is 11.3 Å². The number of carbonyl (C=O) groups is 4. The van der Waals surface area contributed by atoms with Crippen LogP contribution in [0.3, 0.4) is 0 Å². The third-order valence-corrected chi connectivity index (χ3v) is 6.97. The van der Waals surface area contributed by atoms with E-state index >= 15 is 0 Å². The number of nitrogens with one attached hydrogen (secondary N) is 3. The van der Waals surface area contributed by atoms with Crippen molar-refractivity contribution in [2.45, 2.75) is 104 Å². The summed E-state index contributed by atoms with van der Waals surface area (Å²) in [4.78, 5) is 60.7. The number of oxime groups is 1. The Hall–Kier alpha value is -3.35. The fourth-order valence-electron chi connectivity index (χ4n) is 3.36. The van der Waals surface area contributed by atoms with Crippen molar-refractivity contribution in [3.8, 4) is 0 Å². The lowest BCUT2D eigenvalue weighted by atomic mass is 9.98. The molecule has 2 heterocycles. The van der Waals surface area contributed by atoms with Crippen LogP contribution in [-0.4, -0.2) is 93.3 Å². The maximum atomic E-state index is 13.5. The van der Waals surface area contributed by atoms with Gasteiger partial charge in [0, 0.05) is 18.0 Å². The Morgan fingerprint density at radius 2 is 1.67 bits per heavy atom. The molecular formula is C25H40N6O10S2. The van der Waals surface area contributed by atoms with Gasteiger partial charge in [-0.05, 0) is 55.4 Å². The van der Waals surface area contributed by atoms with Crippen LogP contribution in [0.1, 0.15) is 74.9 Å². The summed E-state index contributed by atoms with van der Waals surface area (Å²) in [7, 11) is -4.91. The lowest BCUT2D eigenvalue weighted by Gasteiger charge is -2.44. The lowest BCUT2D eigenvalue weighted by molar-refractivity contribution is -0.179. The molecule has 18 heteroatoms. The third-order valence-electron chi connectivity index (χ3n) is 5.27. The number of amides is 3. The van der Waals surface area contributed by atoms with Gasteiger partial charge in [0.05, 0.1) is 6.04 Å². The van der Waals surface area contributed by atoms with Crippen LogP contribution in [0.25, 0.3) is 0 Å². The summed E-state index contributed by atoms with van der Waals surface area (Å²) in [5, 5.41) is 13.1. The van der Waals surface area contributed by atoms with Crippen molar-refractivity contribution in [3.63, 3.8) is 0 Å². The maximum Gasteiger partial charge on any atom is 0.413 e. The second-order valence-electron chi connectivity index (χ2n) is 12.4. The average molecular weight is 649 g/mol. The summed E-state index contributed by atoms with van der Waals surface area (Å²) in [6.45, 7) is 16.2. The number of carbonyl (C=O) groups excluding carboxylic acids is 4. The second kappa shape index (κ2) is 13.1. The number of β-lactam (4-membered cyclic amide) rings is 1. The van der Waals surface area contributed by atoms with E-state index in [9.17, 15) is 32.1 Å². The Morgan fingerprint density at radius 3 is 2.19 bits per heavy atom. The molecule has 3 amide bonds. The molecule has 0 saturated carbocycles. The number of anilines is 1. The molecule has 2 atom stereocenters. The van der Waals surface area contributed by atoms with Crippen molar-refractivity contribution in [2.24, 2.45) is 5.16 Å². The standard InChI is InChI=1S/C25H40N6O10S2/c1-13(2)26-11-15-17(19(33)31(15)43(36,37)38)28-18(32)16(30-41-25(9,10)20(34)39-23(3,4)5)14-12-42-21(27-14)29-22(35)40-24(6,7)8/h12-13,15,17,26H,11H2,1-10H3,(H,28,32)(H,27,29,35)(H,36,37,38)/b30-16-/t15-,17+/m1/s1. The first-order valence-electron chi connectivity index (χ1n) is 13.2. The first-order valence-corrected chi connectivity index (χ1v) is 15.5. The van der Waals surface area contributed by atoms with Crippen LogP contribution in [0.15, 0.2) is 10.5 Å². The Balaban J connectivity index is 2.41. The number of esters is 1. The summed E-state index contributed by atoms with van der Waals surface area (Å²) in [5.41, 5.74) is -3.92. The highest BCUT2D eigenvalue weighted by atomic mass is 32.2. The summed E-state index contributed by atoms with van der Waals surface area (Å²) in [6, 6.07) is -2.64. The van der Waals surface area contributed by atoms with Crippen LogP contribution in [0.4, 0.5) is 9.93 Å². The molecule has 0 aromatic carbocycles. The predicted octanol–water partition coefficient (Wildman–Crippen LogP) is 1.83. The summed E-state index contributed by atoms with van der Waals surface area (Å²) >= 11 is 0.923. The van der Waals surface area contributed by atoms with Crippen molar-refractivity contribution in [1.82, 2.24) is 19.9 Å². The van der Waals surface area contributed by atoms with Gasteiger partial charge in [0.15, 0.2) is 10.8 Å². The van der Waals surface area contributed by atoms with Gasteiger partial charge in [0.25, 0.3) is 11.8 Å². The molecule has 2 rings (SSSR count). The van der Waals surface area contributed by atoms with Gasteiger partial charge in [-0.3, -0.25) is 19.5 Å². The summed E-state index contributed by atoms with van der Waals surface area (Å²) < 4.78 is 43.9. The number of rotatable bonds is 11. The van der Waals surface area contributed by atoms with Crippen molar-refractivity contribution in [3.05, 3.63) is 11.1 Å². The molecule has 16 nitrogen and oxygen atoms in total. The average Bonchev–Trinajstić information content (AvgIpc) is 3.24. The molecule has 0 radical (unpaired) electrons. The minimum atomic E-state index is -4.91. The summed E-state index contributed by atoms with van der Waals surface area (Å²) in [6.07, 6.45) is -0.801. The highest BCUT2D eigenvalue weighted by molar-refractivity contribution is 7.84. The normalized spacial score (nSPS) is 18.2. The number of nitrogens with zero attached hydrogens (tertiary/aromatic N) is 3. The van der Waals surface area contributed by atoms with E-state index in [-0.39, 0.29) is 27.7 Å². The van der Waals surface area contributed by atoms with Crippen LogP contribution in [-0.2, 0) is 39.0 Å². The topological polar surface area (TPSA) is 215 Å². The number of ether oxygens (including phenoxy) is 2. The Labute approximate surface area is 254 Å².